The van der Waals surface area contributed by atoms with Gasteiger partial charge in [0.15, 0.2) is 5.65 Å². The highest BCUT2D eigenvalue weighted by Crippen LogP contribution is 2.23. The summed E-state index contributed by atoms with van der Waals surface area (Å²) in [7, 11) is -3.58. The molecule has 0 aliphatic rings. The lowest BCUT2D eigenvalue weighted by Crippen LogP contribution is -2.27. The summed E-state index contributed by atoms with van der Waals surface area (Å²) >= 11 is 0. The van der Waals surface area contributed by atoms with Gasteiger partial charge in [-0.25, -0.2) is 23.1 Å². The molecule has 1 aromatic carbocycles. The summed E-state index contributed by atoms with van der Waals surface area (Å²) in [5, 5.41) is 0. The molecule has 0 unspecified atom stereocenters. The van der Waals surface area contributed by atoms with Crippen LogP contribution in [0.25, 0.3) is 22.6 Å². The van der Waals surface area contributed by atoms with Gasteiger partial charge in [-0.1, -0.05) is 19.1 Å². The predicted molar refractivity (Wildman–Crippen MR) is 112 cm³/mol. The minimum atomic E-state index is -3.58. The van der Waals surface area contributed by atoms with E-state index in [9.17, 15) is 8.42 Å². The van der Waals surface area contributed by atoms with Gasteiger partial charge >= 0.3 is 0 Å². The van der Waals surface area contributed by atoms with Crippen molar-refractivity contribution in [2.24, 2.45) is 0 Å². The fourth-order valence-corrected chi connectivity index (χ4v) is 4.19. The fraction of sp³-hybridized carbons (Fsp3) is 0.190. The van der Waals surface area contributed by atoms with E-state index in [0.717, 1.165) is 28.9 Å². The van der Waals surface area contributed by atoms with Crippen LogP contribution in [-0.4, -0.2) is 34.5 Å². The zero-order valence-electron chi connectivity index (χ0n) is 16.0. The third-order valence-corrected chi connectivity index (χ3v) is 6.19. The van der Waals surface area contributed by atoms with Crippen LogP contribution in [0.5, 0.6) is 0 Å². The molecule has 0 fully saturated rings. The first-order valence-electron chi connectivity index (χ1n) is 9.39. The van der Waals surface area contributed by atoms with Crippen LogP contribution >= 0.6 is 0 Å². The number of hydrogen-bond donors (Lipinski definition) is 1. The number of nitrogens with zero attached hydrogens (tertiary/aromatic N) is 4. The lowest BCUT2D eigenvalue weighted by atomic mass is 10.2. The molecular weight excluding hydrogens is 386 g/mol. The van der Waals surface area contributed by atoms with Crippen LogP contribution in [0.2, 0.25) is 0 Å². The average Bonchev–Trinajstić information content (AvgIpc) is 3.13. The summed E-state index contributed by atoms with van der Waals surface area (Å²) in [6, 6.07) is 14.4. The quantitative estimate of drug-likeness (QED) is 0.509. The molecule has 4 rings (SSSR count). The molecule has 0 bridgehead atoms. The SMILES string of the molecule is CCc1ccc(S(=O)(=O)NCCn2c(-c3ccncc3)nc3cccnc32)cc1. The van der Waals surface area contributed by atoms with Crippen molar-refractivity contribution in [3.63, 3.8) is 0 Å². The second-order valence-electron chi connectivity index (χ2n) is 6.56. The fourth-order valence-electron chi connectivity index (χ4n) is 3.17. The normalized spacial score (nSPS) is 11.8. The average molecular weight is 407 g/mol. The number of aromatic nitrogens is 4. The molecular formula is C21H21N5O2S. The lowest BCUT2D eigenvalue weighted by Gasteiger charge is -2.11. The Hall–Kier alpha value is -3.10. The van der Waals surface area contributed by atoms with E-state index in [1.165, 1.54) is 0 Å². The molecule has 0 aliphatic carbocycles. The summed E-state index contributed by atoms with van der Waals surface area (Å²) in [5.41, 5.74) is 3.47. The maximum absolute atomic E-state index is 12.6. The molecule has 0 amide bonds. The van der Waals surface area contributed by atoms with Crippen molar-refractivity contribution in [2.45, 2.75) is 24.8 Å². The van der Waals surface area contributed by atoms with Crippen molar-refractivity contribution in [2.75, 3.05) is 6.54 Å². The molecule has 8 heteroatoms. The summed E-state index contributed by atoms with van der Waals surface area (Å²) in [6.07, 6.45) is 5.98. The Labute approximate surface area is 169 Å². The monoisotopic (exact) mass is 407 g/mol. The number of pyridine rings is 2. The molecule has 0 saturated heterocycles. The summed E-state index contributed by atoms with van der Waals surface area (Å²) in [4.78, 5) is 13.4. The molecule has 0 aliphatic heterocycles. The highest BCUT2D eigenvalue weighted by Gasteiger charge is 2.16. The van der Waals surface area contributed by atoms with Crippen LogP contribution in [0.15, 0.2) is 72.0 Å². The minimum absolute atomic E-state index is 0.220. The Kier molecular flexibility index (Phi) is 5.37. The number of rotatable bonds is 7. The van der Waals surface area contributed by atoms with Crippen molar-refractivity contribution in [3.8, 4) is 11.4 Å². The van der Waals surface area contributed by atoms with Crippen LogP contribution in [-0.2, 0) is 23.0 Å². The van der Waals surface area contributed by atoms with Crippen molar-refractivity contribution in [1.82, 2.24) is 24.2 Å². The predicted octanol–water partition coefficient (Wildman–Crippen LogP) is 3.03. The second kappa shape index (κ2) is 8.10. The maximum Gasteiger partial charge on any atom is 0.240 e. The Morgan fingerprint density at radius 2 is 1.76 bits per heavy atom. The van der Waals surface area contributed by atoms with Crippen molar-refractivity contribution >= 4 is 21.2 Å². The van der Waals surface area contributed by atoms with Crippen LogP contribution in [0.1, 0.15) is 12.5 Å². The van der Waals surface area contributed by atoms with Crippen molar-refractivity contribution in [1.29, 1.82) is 0 Å². The molecule has 0 spiro atoms. The minimum Gasteiger partial charge on any atom is -0.307 e. The van der Waals surface area contributed by atoms with Gasteiger partial charge in [-0.2, -0.15) is 0 Å². The van der Waals surface area contributed by atoms with E-state index in [0.29, 0.717) is 12.2 Å². The van der Waals surface area contributed by atoms with Gasteiger partial charge in [0.25, 0.3) is 0 Å². The van der Waals surface area contributed by atoms with Gasteiger partial charge in [0.1, 0.15) is 11.3 Å². The van der Waals surface area contributed by atoms with E-state index in [1.54, 1.807) is 30.7 Å². The number of imidazole rings is 1. The van der Waals surface area contributed by atoms with Gasteiger partial charge in [0.2, 0.25) is 10.0 Å². The molecule has 4 aromatic rings. The topological polar surface area (TPSA) is 89.8 Å². The Morgan fingerprint density at radius 3 is 2.48 bits per heavy atom. The zero-order chi connectivity index (χ0) is 20.3. The van der Waals surface area contributed by atoms with Gasteiger partial charge in [-0.3, -0.25) is 4.98 Å². The van der Waals surface area contributed by atoms with Gasteiger partial charge < -0.3 is 4.57 Å². The van der Waals surface area contributed by atoms with Crippen molar-refractivity contribution in [3.05, 3.63) is 72.7 Å². The number of hydrogen-bond acceptors (Lipinski definition) is 5. The van der Waals surface area contributed by atoms with E-state index in [1.807, 2.05) is 47.9 Å². The van der Waals surface area contributed by atoms with Crippen LogP contribution in [0.3, 0.4) is 0 Å². The number of sulfonamides is 1. The molecule has 0 saturated carbocycles. The Balaban J connectivity index is 1.58. The summed E-state index contributed by atoms with van der Waals surface area (Å²) in [6.45, 7) is 2.65. The largest absolute Gasteiger partial charge is 0.307 e. The lowest BCUT2D eigenvalue weighted by molar-refractivity contribution is 0.574. The van der Waals surface area contributed by atoms with E-state index in [2.05, 4.69) is 19.7 Å². The van der Waals surface area contributed by atoms with Gasteiger partial charge in [0, 0.05) is 37.2 Å². The second-order valence-corrected chi connectivity index (χ2v) is 8.33. The zero-order valence-corrected chi connectivity index (χ0v) is 16.8. The number of aryl methyl sites for hydroxylation is 1. The summed E-state index contributed by atoms with van der Waals surface area (Å²) < 4.78 is 29.8. The molecule has 3 heterocycles. The van der Waals surface area contributed by atoms with E-state index < -0.39 is 10.0 Å². The molecule has 148 valence electrons. The number of fused-ring (bicyclic) bond motifs is 1. The Morgan fingerprint density at radius 1 is 1.00 bits per heavy atom. The third-order valence-electron chi connectivity index (χ3n) is 4.71. The van der Waals surface area contributed by atoms with E-state index >= 15 is 0 Å². The summed E-state index contributed by atoms with van der Waals surface area (Å²) in [5.74, 6) is 0.729. The number of benzene rings is 1. The highest BCUT2D eigenvalue weighted by atomic mass is 32.2. The molecule has 1 N–H and O–H groups in total. The van der Waals surface area contributed by atoms with Gasteiger partial charge in [-0.05, 0) is 48.4 Å². The van der Waals surface area contributed by atoms with Crippen LogP contribution in [0.4, 0.5) is 0 Å². The molecule has 29 heavy (non-hydrogen) atoms. The van der Waals surface area contributed by atoms with Crippen molar-refractivity contribution < 1.29 is 8.42 Å². The van der Waals surface area contributed by atoms with Crippen LogP contribution < -0.4 is 4.72 Å². The van der Waals surface area contributed by atoms with Crippen LogP contribution in [0, 0.1) is 0 Å². The van der Waals surface area contributed by atoms with E-state index in [4.69, 9.17) is 0 Å². The maximum atomic E-state index is 12.6. The van der Waals surface area contributed by atoms with Gasteiger partial charge in [-0.15, -0.1) is 0 Å². The first kappa shape index (κ1) is 19.2. The Bertz CT molecular complexity index is 1220. The number of nitrogens with one attached hydrogen (secondary N) is 1. The molecule has 0 atom stereocenters. The standard InChI is InChI=1S/C21H21N5O2S/c1-2-16-5-7-18(8-6-16)29(27,28)24-14-15-26-20(17-9-12-22-13-10-17)25-19-4-3-11-23-21(19)26/h3-13,24H,2,14-15H2,1H3. The smallest absolute Gasteiger partial charge is 0.240 e. The first-order valence-corrected chi connectivity index (χ1v) is 10.9. The molecule has 7 nitrogen and oxygen atoms in total. The first-order chi connectivity index (χ1) is 14.1. The highest BCUT2D eigenvalue weighted by molar-refractivity contribution is 7.89. The van der Waals surface area contributed by atoms with Gasteiger partial charge in [0.05, 0.1) is 4.90 Å². The third kappa shape index (κ3) is 4.03. The van der Waals surface area contributed by atoms with E-state index in [-0.39, 0.29) is 11.4 Å². The molecule has 3 aromatic heterocycles. The molecule has 0 radical (unpaired) electrons.